The summed E-state index contributed by atoms with van der Waals surface area (Å²) in [5.74, 6) is 0.732. The lowest BCUT2D eigenvalue weighted by Gasteiger charge is -2.41. The third-order valence-electron chi connectivity index (χ3n) is 4.23. The van der Waals surface area contributed by atoms with Crippen LogP contribution in [-0.4, -0.2) is 11.6 Å². The summed E-state index contributed by atoms with van der Waals surface area (Å²) in [7, 11) is 0. The van der Waals surface area contributed by atoms with Crippen LogP contribution in [0.25, 0.3) is 0 Å². The lowest BCUT2D eigenvalue weighted by Crippen LogP contribution is -2.42. The topological polar surface area (TPSA) is 26.3 Å². The molecular weight excluding hydrogens is 200 g/mol. The second-order valence-electron chi connectivity index (χ2n) is 5.46. The van der Waals surface area contributed by atoms with Crippen molar-refractivity contribution in [1.82, 2.24) is 0 Å². The van der Waals surface area contributed by atoms with Crippen LogP contribution in [0.2, 0.25) is 0 Å². The van der Waals surface area contributed by atoms with Crippen molar-refractivity contribution in [2.45, 2.75) is 45.1 Å². The molecule has 0 N–H and O–H groups in total. The zero-order valence-electron chi connectivity index (χ0n) is 10.2. The summed E-state index contributed by atoms with van der Waals surface area (Å²) >= 11 is 0. The van der Waals surface area contributed by atoms with E-state index in [2.05, 4.69) is 27.0 Å². The second kappa shape index (κ2) is 3.76. The van der Waals surface area contributed by atoms with Crippen LogP contribution in [0.3, 0.4) is 0 Å². The molecule has 1 saturated carbocycles. The van der Waals surface area contributed by atoms with Gasteiger partial charge in [-0.3, -0.25) is 0 Å². The number of carbonyl (C=O) groups is 1. The highest BCUT2D eigenvalue weighted by Crippen LogP contribution is 2.48. The van der Waals surface area contributed by atoms with E-state index in [-0.39, 0.29) is 11.6 Å². The number of rotatable bonds is 1. The van der Waals surface area contributed by atoms with Gasteiger partial charge in [-0.25, -0.2) is 4.79 Å². The highest BCUT2D eigenvalue weighted by Gasteiger charge is 2.50. The van der Waals surface area contributed by atoms with Crippen LogP contribution >= 0.6 is 0 Å². The van der Waals surface area contributed by atoms with Crippen molar-refractivity contribution >= 4 is 5.97 Å². The molecule has 1 saturated heterocycles. The van der Waals surface area contributed by atoms with E-state index in [1.54, 1.807) is 0 Å². The van der Waals surface area contributed by atoms with Crippen molar-refractivity contribution in [1.29, 1.82) is 0 Å². The molecule has 2 aliphatic rings. The van der Waals surface area contributed by atoms with Crippen molar-refractivity contribution in [3.63, 3.8) is 0 Å². The Labute approximate surface area is 97.4 Å². The lowest BCUT2D eigenvalue weighted by atomic mass is 9.68. The Morgan fingerprint density at radius 2 is 2.19 bits per heavy atom. The average molecular weight is 220 g/mol. The molecule has 2 rings (SSSR count). The number of carbonyl (C=O) groups excluding carboxylic acids is 1. The van der Waals surface area contributed by atoms with Gasteiger partial charge in [0.2, 0.25) is 0 Å². The molecule has 88 valence electrons. The molecule has 1 spiro atoms. The molecule has 0 amide bonds. The van der Waals surface area contributed by atoms with Crippen molar-refractivity contribution in [2.24, 2.45) is 11.8 Å². The zero-order chi connectivity index (χ0) is 11.9. The van der Waals surface area contributed by atoms with Crippen molar-refractivity contribution in [2.75, 3.05) is 0 Å². The number of hydrogen-bond acceptors (Lipinski definition) is 2. The molecule has 1 aliphatic carbocycles. The fraction of sp³-hybridized carbons (Fsp3) is 0.643. The third kappa shape index (κ3) is 1.70. The highest BCUT2D eigenvalue weighted by atomic mass is 16.6. The van der Waals surface area contributed by atoms with Crippen molar-refractivity contribution < 1.29 is 9.53 Å². The molecule has 0 aromatic rings. The summed E-state index contributed by atoms with van der Waals surface area (Å²) in [5, 5.41) is 0. The summed E-state index contributed by atoms with van der Waals surface area (Å²) in [5.41, 5.74) is 1.56. The van der Waals surface area contributed by atoms with E-state index in [1.165, 1.54) is 12.0 Å². The van der Waals surface area contributed by atoms with Gasteiger partial charge in [0.05, 0.1) is 0 Å². The molecule has 16 heavy (non-hydrogen) atoms. The van der Waals surface area contributed by atoms with Crippen LogP contribution in [0, 0.1) is 11.8 Å². The van der Waals surface area contributed by atoms with Gasteiger partial charge in [-0.2, -0.15) is 0 Å². The maximum atomic E-state index is 11.5. The summed E-state index contributed by atoms with van der Waals surface area (Å²) < 4.78 is 5.62. The van der Waals surface area contributed by atoms with Crippen molar-refractivity contribution in [3.05, 3.63) is 24.3 Å². The van der Waals surface area contributed by atoms with Gasteiger partial charge in [0.25, 0.3) is 0 Å². The highest BCUT2D eigenvalue weighted by molar-refractivity contribution is 5.90. The minimum absolute atomic E-state index is 0.200. The molecular formula is C14H20O2. The molecule has 2 nitrogen and oxygen atoms in total. The largest absolute Gasteiger partial charge is 0.455 e. The van der Waals surface area contributed by atoms with Crippen molar-refractivity contribution in [3.8, 4) is 0 Å². The van der Waals surface area contributed by atoms with E-state index in [0.29, 0.717) is 23.8 Å². The molecule has 2 fully saturated rings. The van der Waals surface area contributed by atoms with Crippen LogP contribution in [-0.2, 0) is 9.53 Å². The minimum Gasteiger partial charge on any atom is -0.455 e. The van der Waals surface area contributed by atoms with E-state index in [1.807, 2.05) is 0 Å². The minimum atomic E-state index is -0.282. The molecule has 3 unspecified atom stereocenters. The first-order chi connectivity index (χ1) is 7.44. The van der Waals surface area contributed by atoms with Gasteiger partial charge in [-0.05, 0) is 38.0 Å². The first kappa shape index (κ1) is 11.4. The van der Waals surface area contributed by atoms with Gasteiger partial charge in [0.1, 0.15) is 5.60 Å². The monoisotopic (exact) mass is 220 g/mol. The Morgan fingerprint density at radius 1 is 1.50 bits per heavy atom. The Kier molecular flexibility index (Phi) is 2.69. The van der Waals surface area contributed by atoms with Crippen LogP contribution < -0.4 is 0 Å². The van der Waals surface area contributed by atoms with Gasteiger partial charge in [-0.15, -0.1) is 0 Å². The number of hydrogen-bond donors (Lipinski definition) is 0. The van der Waals surface area contributed by atoms with E-state index in [9.17, 15) is 4.79 Å². The quantitative estimate of drug-likeness (QED) is 0.385. The Balaban J connectivity index is 2.21. The Hall–Kier alpha value is -1.05. The fourth-order valence-electron chi connectivity index (χ4n) is 2.97. The van der Waals surface area contributed by atoms with Crippen LogP contribution in [0.4, 0.5) is 0 Å². The average Bonchev–Trinajstić information content (AvgIpc) is 2.48. The number of allylic oxidation sites excluding steroid dienone is 1. The second-order valence-corrected chi connectivity index (χ2v) is 5.46. The normalized spacial score (nSPS) is 38.9. The molecule has 0 aromatic carbocycles. The van der Waals surface area contributed by atoms with E-state index >= 15 is 0 Å². The van der Waals surface area contributed by atoms with Gasteiger partial charge in [0.15, 0.2) is 0 Å². The molecule has 1 heterocycles. The van der Waals surface area contributed by atoms with Crippen LogP contribution in [0.1, 0.15) is 39.5 Å². The van der Waals surface area contributed by atoms with Gasteiger partial charge >= 0.3 is 5.97 Å². The fourth-order valence-corrected chi connectivity index (χ4v) is 2.97. The maximum absolute atomic E-state index is 11.5. The molecule has 2 heteroatoms. The summed E-state index contributed by atoms with van der Waals surface area (Å²) in [6.07, 6.45) is 3.91. The summed E-state index contributed by atoms with van der Waals surface area (Å²) in [6.45, 7) is 12.1. The molecule has 0 aromatic heterocycles. The van der Waals surface area contributed by atoms with E-state index in [4.69, 9.17) is 4.74 Å². The van der Waals surface area contributed by atoms with Gasteiger partial charge < -0.3 is 4.74 Å². The molecule has 0 bridgehead atoms. The lowest BCUT2D eigenvalue weighted by molar-refractivity contribution is -0.155. The van der Waals surface area contributed by atoms with E-state index < -0.39 is 0 Å². The van der Waals surface area contributed by atoms with E-state index in [0.717, 1.165) is 12.8 Å². The van der Waals surface area contributed by atoms with Crippen LogP contribution in [0.5, 0.6) is 0 Å². The SMILES string of the molecule is C=C1CC2(CC(C(=C)C)CCC2C)OC1=O. The molecule has 0 radical (unpaired) electrons. The van der Waals surface area contributed by atoms with Crippen LogP contribution in [0.15, 0.2) is 24.3 Å². The molecule has 1 aliphatic heterocycles. The predicted octanol–water partition coefficient (Wildman–Crippen LogP) is 3.24. The zero-order valence-corrected chi connectivity index (χ0v) is 10.2. The smallest absolute Gasteiger partial charge is 0.334 e. The summed E-state index contributed by atoms with van der Waals surface area (Å²) in [6, 6.07) is 0. The first-order valence-electron chi connectivity index (χ1n) is 6.01. The maximum Gasteiger partial charge on any atom is 0.334 e. The number of esters is 1. The Bertz CT molecular complexity index is 338. The van der Waals surface area contributed by atoms with Gasteiger partial charge in [0, 0.05) is 12.0 Å². The standard InChI is InChI=1S/C14H20O2/c1-9(2)12-6-5-11(4)14(8-12)7-10(3)13(15)16-14/h11-12H,1,3,5-8H2,2,4H3. The van der Waals surface area contributed by atoms with Gasteiger partial charge in [-0.1, -0.05) is 25.7 Å². The Morgan fingerprint density at radius 3 is 2.69 bits per heavy atom. The summed E-state index contributed by atoms with van der Waals surface area (Å²) in [4.78, 5) is 11.5. The first-order valence-corrected chi connectivity index (χ1v) is 6.01. The molecule has 3 atom stereocenters. The number of ether oxygens (including phenoxy) is 1. The third-order valence-corrected chi connectivity index (χ3v) is 4.23. The predicted molar refractivity (Wildman–Crippen MR) is 63.9 cm³/mol.